The summed E-state index contributed by atoms with van der Waals surface area (Å²) < 4.78 is 12.5. The maximum Gasteiger partial charge on any atom is 0.303 e. The van der Waals surface area contributed by atoms with Crippen LogP contribution in [-0.2, 0) is 19.1 Å². The number of ether oxygens (including phenoxy) is 2. The van der Waals surface area contributed by atoms with Crippen LogP contribution in [0.5, 0.6) is 0 Å². The van der Waals surface area contributed by atoms with Crippen LogP contribution in [-0.4, -0.2) is 52.5 Å². The first-order chi connectivity index (χ1) is 14.8. The zero-order valence-electron chi connectivity index (χ0n) is 20.3. The van der Waals surface area contributed by atoms with Crippen molar-refractivity contribution in [3.05, 3.63) is 23.3 Å². The zero-order chi connectivity index (χ0) is 23.8. The highest BCUT2D eigenvalue weighted by Gasteiger charge is 2.85. The molecule has 6 heteroatoms. The van der Waals surface area contributed by atoms with Crippen LogP contribution in [0.25, 0.3) is 0 Å². The predicted molar refractivity (Wildman–Crippen MR) is 119 cm³/mol. The zero-order valence-corrected chi connectivity index (χ0v) is 20.3. The van der Waals surface area contributed by atoms with Crippen LogP contribution in [0.2, 0.25) is 0 Å². The van der Waals surface area contributed by atoms with E-state index in [1.807, 2.05) is 19.1 Å². The molecule has 8 atom stereocenters. The second kappa shape index (κ2) is 7.51. The Labute approximate surface area is 191 Å². The highest BCUT2D eigenvalue weighted by atomic mass is 16.6. The fourth-order valence-corrected chi connectivity index (χ4v) is 7.35. The topological polar surface area (TPSA) is 93.1 Å². The first kappa shape index (κ1) is 23.7. The molecule has 4 aliphatic carbocycles. The van der Waals surface area contributed by atoms with Crippen molar-refractivity contribution in [1.29, 1.82) is 0 Å². The molecule has 0 radical (unpaired) electrons. The monoisotopic (exact) mass is 446 g/mol. The van der Waals surface area contributed by atoms with Crippen LogP contribution >= 0.6 is 0 Å². The quantitative estimate of drug-likeness (QED) is 0.498. The largest absolute Gasteiger partial charge is 0.459 e. The molecule has 0 aromatic carbocycles. The summed E-state index contributed by atoms with van der Waals surface area (Å²) in [6, 6.07) is 0. The van der Waals surface area contributed by atoms with Gasteiger partial charge in [-0.3, -0.25) is 9.59 Å². The van der Waals surface area contributed by atoms with Crippen LogP contribution in [0.1, 0.15) is 54.9 Å². The fraction of sp³-hybridized carbons (Fsp3) is 0.769. The van der Waals surface area contributed by atoms with Gasteiger partial charge in [0.2, 0.25) is 0 Å². The molecule has 0 aromatic heterocycles. The van der Waals surface area contributed by atoms with Gasteiger partial charge in [-0.1, -0.05) is 46.8 Å². The third-order valence-electron chi connectivity index (χ3n) is 8.83. The molecule has 6 nitrogen and oxygen atoms in total. The molecule has 2 fully saturated rings. The van der Waals surface area contributed by atoms with Gasteiger partial charge in [-0.05, 0) is 30.4 Å². The summed E-state index contributed by atoms with van der Waals surface area (Å²) in [6.45, 7) is 13.9. The Balaban J connectivity index is 1.90. The van der Waals surface area contributed by atoms with E-state index in [2.05, 4.69) is 27.7 Å². The van der Waals surface area contributed by atoms with E-state index in [1.54, 1.807) is 6.92 Å². The Bertz CT molecular complexity index is 885. The number of carbonyl (C=O) groups is 2. The van der Waals surface area contributed by atoms with E-state index in [9.17, 15) is 19.8 Å². The molecule has 0 saturated heterocycles. The summed E-state index contributed by atoms with van der Waals surface area (Å²) in [5, 5.41) is 22.6. The van der Waals surface area contributed by atoms with E-state index in [1.165, 1.54) is 6.92 Å². The third-order valence-corrected chi connectivity index (χ3v) is 8.83. The molecule has 2 N–H and O–H groups in total. The van der Waals surface area contributed by atoms with Crippen LogP contribution in [0.3, 0.4) is 0 Å². The van der Waals surface area contributed by atoms with Gasteiger partial charge in [0, 0.05) is 48.5 Å². The average Bonchev–Trinajstić information content (AvgIpc) is 3.12. The van der Waals surface area contributed by atoms with Gasteiger partial charge < -0.3 is 19.7 Å². The van der Waals surface area contributed by atoms with E-state index in [-0.39, 0.29) is 29.6 Å². The number of ketones is 1. The van der Waals surface area contributed by atoms with Crippen LogP contribution < -0.4 is 0 Å². The Morgan fingerprint density at radius 2 is 1.91 bits per heavy atom. The summed E-state index contributed by atoms with van der Waals surface area (Å²) in [6.07, 6.45) is 3.72. The molecule has 178 valence electrons. The SMILES string of the molecule is CC(=O)O[C@@H]1[C@@H](C)[C@]2(O)[C@@H]3C=C(C)C(=O)[C@H]3CC(CO)=C[C@H]2[C@@H]2C(C)(C)[C@]12OCC(C)C. The predicted octanol–water partition coefficient (Wildman–Crippen LogP) is 3.07. The summed E-state index contributed by atoms with van der Waals surface area (Å²) >= 11 is 0. The molecule has 0 unspecified atom stereocenters. The highest BCUT2D eigenvalue weighted by Crippen LogP contribution is 2.76. The molecule has 2 saturated carbocycles. The Kier molecular flexibility index (Phi) is 5.55. The van der Waals surface area contributed by atoms with Gasteiger partial charge in [0.1, 0.15) is 11.7 Å². The van der Waals surface area contributed by atoms with Crippen molar-refractivity contribution in [2.24, 2.45) is 40.9 Å². The molecular weight excluding hydrogens is 408 g/mol. The normalized spacial score (nSPS) is 44.1. The third kappa shape index (κ3) is 2.95. The van der Waals surface area contributed by atoms with Crippen molar-refractivity contribution in [3.8, 4) is 0 Å². The van der Waals surface area contributed by atoms with E-state index < -0.39 is 41.0 Å². The Hall–Kier alpha value is -1.50. The van der Waals surface area contributed by atoms with Crippen LogP contribution in [0.15, 0.2) is 23.3 Å². The second-order valence-corrected chi connectivity index (χ2v) is 11.5. The first-order valence-corrected chi connectivity index (χ1v) is 11.9. The average molecular weight is 447 g/mol. The second-order valence-electron chi connectivity index (χ2n) is 11.5. The van der Waals surface area contributed by atoms with E-state index >= 15 is 0 Å². The molecule has 4 aliphatic rings. The maximum atomic E-state index is 13.0. The van der Waals surface area contributed by atoms with Gasteiger partial charge in [0.05, 0.1) is 12.2 Å². The first-order valence-electron chi connectivity index (χ1n) is 11.9. The summed E-state index contributed by atoms with van der Waals surface area (Å²) in [5.41, 5.74) is -0.930. The van der Waals surface area contributed by atoms with Gasteiger partial charge in [-0.2, -0.15) is 0 Å². The number of allylic oxidation sites excluding steroid dienone is 1. The van der Waals surface area contributed by atoms with Crippen molar-refractivity contribution in [2.75, 3.05) is 13.2 Å². The highest BCUT2D eigenvalue weighted by molar-refractivity contribution is 5.99. The van der Waals surface area contributed by atoms with Gasteiger partial charge in [0.15, 0.2) is 5.78 Å². The van der Waals surface area contributed by atoms with Gasteiger partial charge in [-0.25, -0.2) is 0 Å². The lowest BCUT2D eigenvalue weighted by Crippen LogP contribution is -2.63. The Morgan fingerprint density at radius 1 is 1.25 bits per heavy atom. The standard InChI is InChI=1S/C26H38O6/c1-13(2)12-31-26-22(24(26,6)7)20-10-17(11-27)9-18-19(8-14(3)21(18)29)25(20,30)15(4)23(26)32-16(5)28/h8,10,13,15,18-20,22-23,27,30H,9,11-12H2,1-7H3/t15-,18+,19-,20+,22-,23-,25+,26-/m1/s1. The molecule has 0 aliphatic heterocycles. The molecule has 0 amide bonds. The van der Waals surface area contributed by atoms with Crippen LogP contribution in [0.4, 0.5) is 0 Å². The van der Waals surface area contributed by atoms with Crippen molar-refractivity contribution in [1.82, 2.24) is 0 Å². The number of hydrogen-bond donors (Lipinski definition) is 2. The minimum absolute atomic E-state index is 0.0302. The number of esters is 1. The maximum absolute atomic E-state index is 13.0. The number of hydrogen-bond acceptors (Lipinski definition) is 6. The van der Waals surface area contributed by atoms with Crippen molar-refractivity contribution < 1.29 is 29.3 Å². The van der Waals surface area contributed by atoms with Gasteiger partial charge >= 0.3 is 5.97 Å². The fourth-order valence-electron chi connectivity index (χ4n) is 7.35. The minimum atomic E-state index is -1.29. The van der Waals surface area contributed by atoms with Gasteiger partial charge in [0.25, 0.3) is 0 Å². The lowest BCUT2D eigenvalue weighted by atomic mass is 9.60. The molecular formula is C26H38O6. The molecule has 0 bridgehead atoms. The summed E-state index contributed by atoms with van der Waals surface area (Å²) in [7, 11) is 0. The van der Waals surface area contributed by atoms with Crippen molar-refractivity contribution >= 4 is 11.8 Å². The lowest BCUT2D eigenvalue weighted by Gasteiger charge is -2.52. The van der Waals surface area contributed by atoms with Crippen molar-refractivity contribution in [2.45, 2.75) is 72.2 Å². The number of rotatable bonds is 5. The molecule has 0 spiro atoms. The molecule has 32 heavy (non-hydrogen) atoms. The number of aliphatic hydroxyl groups excluding tert-OH is 1. The van der Waals surface area contributed by atoms with E-state index in [0.717, 1.165) is 5.57 Å². The van der Waals surface area contributed by atoms with E-state index in [4.69, 9.17) is 9.47 Å². The number of Topliss-reactive ketones (excluding diaryl/α,β-unsaturated/α-hetero) is 1. The van der Waals surface area contributed by atoms with Crippen molar-refractivity contribution in [3.63, 3.8) is 0 Å². The van der Waals surface area contributed by atoms with Crippen LogP contribution in [0, 0.1) is 40.9 Å². The molecule has 0 heterocycles. The number of carbonyl (C=O) groups excluding carboxylic acids is 2. The summed E-state index contributed by atoms with van der Waals surface area (Å²) in [5.74, 6) is -1.76. The Morgan fingerprint density at radius 3 is 2.47 bits per heavy atom. The molecule has 0 aromatic rings. The summed E-state index contributed by atoms with van der Waals surface area (Å²) in [4.78, 5) is 25.2. The smallest absolute Gasteiger partial charge is 0.303 e. The molecule has 4 rings (SSSR count). The van der Waals surface area contributed by atoms with E-state index in [0.29, 0.717) is 24.5 Å². The van der Waals surface area contributed by atoms with Gasteiger partial charge in [-0.15, -0.1) is 0 Å². The number of fused-ring (bicyclic) bond motifs is 5. The number of aliphatic hydroxyl groups is 2. The minimum Gasteiger partial charge on any atom is -0.459 e. The lowest BCUT2D eigenvalue weighted by molar-refractivity contribution is -0.220.